The van der Waals surface area contributed by atoms with Crippen molar-refractivity contribution in [3.05, 3.63) is 42.4 Å². The first kappa shape index (κ1) is 16.4. The van der Waals surface area contributed by atoms with Crippen LogP contribution in [0.1, 0.15) is 26.0 Å². The second-order valence-corrected chi connectivity index (χ2v) is 7.07. The number of aryl methyl sites for hydroxylation is 1. The lowest BCUT2D eigenvalue weighted by Crippen LogP contribution is -2.13. The first-order chi connectivity index (χ1) is 11.5. The maximum Gasteiger partial charge on any atom is 0.253 e. The fourth-order valence-electron chi connectivity index (χ4n) is 2.28. The predicted octanol–water partition coefficient (Wildman–Crippen LogP) is 3.57. The molecular formula is C17H19N5OS. The van der Waals surface area contributed by atoms with Crippen LogP contribution in [-0.2, 0) is 4.79 Å². The van der Waals surface area contributed by atoms with Gasteiger partial charge in [0, 0.05) is 22.7 Å². The van der Waals surface area contributed by atoms with Gasteiger partial charge in [-0.05, 0) is 43.2 Å². The molecule has 0 saturated heterocycles. The Kier molecular flexibility index (Phi) is 4.80. The number of anilines is 1. The van der Waals surface area contributed by atoms with Gasteiger partial charge in [0.15, 0.2) is 0 Å². The molecule has 0 saturated carbocycles. The van der Waals surface area contributed by atoms with Crippen molar-refractivity contribution in [2.45, 2.75) is 37.1 Å². The van der Waals surface area contributed by atoms with Crippen LogP contribution in [0.5, 0.6) is 0 Å². The van der Waals surface area contributed by atoms with E-state index in [1.54, 1.807) is 16.3 Å². The van der Waals surface area contributed by atoms with Gasteiger partial charge < -0.3 is 5.32 Å². The van der Waals surface area contributed by atoms with Gasteiger partial charge in [0.1, 0.15) is 11.4 Å². The molecule has 3 aromatic rings. The van der Waals surface area contributed by atoms with E-state index in [1.807, 2.05) is 51.1 Å². The largest absolute Gasteiger partial charge is 0.326 e. The lowest BCUT2D eigenvalue weighted by molar-refractivity contribution is -0.116. The number of hydrogen-bond donors (Lipinski definition) is 1. The van der Waals surface area contributed by atoms with Crippen LogP contribution in [-0.4, -0.2) is 25.5 Å². The molecular weight excluding hydrogens is 322 g/mol. The van der Waals surface area contributed by atoms with E-state index in [0.717, 1.165) is 21.3 Å². The first-order valence-corrected chi connectivity index (χ1v) is 8.58. The van der Waals surface area contributed by atoms with Crippen LogP contribution in [0.25, 0.3) is 5.78 Å². The van der Waals surface area contributed by atoms with Crippen molar-refractivity contribution in [1.29, 1.82) is 0 Å². The summed E-state index contributed by atoms with van der Waals surface area (Å²) < 4.78 is 1.72. The number of carbonyl (C=O) groups is 1. The predicted molar refractivity (Wildman–Crippen MR) is 94.2 cm³/mol. The van der Waals surface area contributed by atoms with Gasteiger partial charge >= 0.3 is 0 Å². The average molecular weight is 341 g/mol. The summed E-state index contributed by atoms with van der Waals surface area (Å²) in [5.41, 5.74) is 1.71. The fourth-order valence-corrected chi connectivity index (χ4v) is 3.24. The molecule has 0 spiro atoms. The van der Waals surface area contributed by atoms with Crippen molar-refractivity contribution in [3.8, 4) is 0 Å². The van der Waals surface area contributed by atoms with Gasteiger partial charge in [-0.15, -0.1) is 0 Å². The average Bonchev–Trinajstić information content (AvgIpc) is 2.96. The molecule has 0 unspecified atom stereocenters. The molecule has 0 aliphatic carbocycles. The fraction of sp³-hybridized carbons (Fsp3) is 0.294. The number of aromatic nitrogens is 4. The standard InChI is InChI=1S/C17H19N5OS/c1-11(2)8-15(23)21-13-4-6-14(7-5-13)24-16-9-12(3)20-17-18-10-19-22(16)17/h4-7,9-11H,8H2,1-3H3,(H,21,23). The van der Waals surface area contributed by atoms with Crippen LogP contribution in [0.2, 0.25) is 0 Å². The Labute approximate surface area is 144 Å². The number of carbonyl (C=O) groups excluding carboxylic acids is 1. The van der Waals surface area contributed by atoms with E-state index in [2.05, 4.69) is 20.4 Å². The summed E-state index contributed by atoms with van der Waals surface area (Å²) in [5, 5.41) is 8.07. The van der Waals surface area contributed by atoms with E-state index in [0.29, 0.717) is 18.1 Å². The van der Waals surface area contributed by atoms with E-state index < -0.39 is 0 Å². The van der Waals surface area contributed by atoms with Gasteiger partial charge in [0.25, 0.3) is 5.78 Å². The highest BCUT2D eigenvalue weighted by atomic mass is 32.2. The minimum Gasteiger partial charge on any atom is -0.326 e. The van der Waals surface area contributed by atoms with Crippen LogP contribution in [0.3, 0.4) is 0 Å². The molecule has 0 bridgehead atoms. The summed E-state index contributed by atoms with van der Waals surface area (Å²) in [5.74, 6) is 0.981. The summed E-state index contributed by atoms with van der Waals surface area (Å²) in [6, 6.07) is 9.76. The highest BCUT2D eigenvalue weighted by Crippen LogP contribution is 2.28. The molecule has 1 aromatic carbocycles. The Hall–Kier alpha value is -2.41. The van der Waals surface area contributed by atoms with Gasteiger partial charge in [-0.3, -0.25) is 4.79 Å². The number of hydrogen-bond acceptors (Lipinski definition) is 5. The maximum absolute atomic E-state index is 11.8. The van der Waals surface area contributed by atoms with Crippen LogP contribution >= 0.6 is 11.8 Å². The third-order valence-corrected chi connectivity index (χ3v) is 4.31. The van der Waals surface area contributed by atoms with Crippen LogP contribution in [0, 0.1) is 12.8 Å². The lowest BCUT2D eigenvalue weighted by Gasteiger charge is -2.08. The Bertz CT molecular complexity index is 857. The second-order valence-electron chi connectivity index (χ2n) is 5.98. The Morgan fingerprint density at radius 1 is 1.29 bits per heavy atom. The van der Waals surface area contributed by atoms with E-state index in [9.17, 15) is 4.79 Å². The third kappa shape index (κ3) is 3.91. The number of nitrogens with one attached hydrogen (secondary N) is 1. The summed E-state index contributed by atoms with van der Waals surface area (Å²) in [4.78, 5) is 21.3. The molecule has 24 heavy (non-hydrogen) atoms. The lowest BCUT2D eigenvalue weighted by atomic mass is 10.1. The third-order valence-electron chi connectivity index (χ3n) is 3.30. The number of rotatable bonds is 5. The Morgan fingerprint density at radius 2 is 2.04 bits per heavy atom. The Balaban J connectivity index is 1.74. The summed E-state index contributed by atoms with van der Waals surface area (Å²) >= 11 is 1.58. The zero-order valence-corrected chi connectivity index (χ0v) is 14.7. The molecule has 0 aliphatic rings. The summed E-state index contributed by atoms with van der Waals surface area (Å²) in [6.45, 7) is 5.99. The molecule has 1 amide bonds. The van der Waals surface area contributed by atoms with Crippen LogP contribution < -0.4 is 5.32 Å². The van der Waals surface area contributed by atoms with Crippen molar-refractivity contribution >= 4 is 29.1 Å². The van der Waals surface area contributed by atoms with Crippen molar-refractivity contribution in [3.63, 3.8) is 0 Å². The minimum atomic E-state index is 0.0412. The zero-order valence-electron chi connectivity index (χ0n) is 13.9. The van der Waals surface area contributed by atoms with Gasteiger partial charge in [0.2, 0.25) is 5.91 Å². The van der Waals surface area contributed by atoms with Gasteiger partial charge in [-0.25, -0.2) is 4.98 Å². The highest BCUT2D eigenvalue weighted by molar-refractivity contribution is 7.99. The minimum absolute atomic E-state index is 0.0412. The van der Waals surface area contributed by atoms with E-state index >= 15 is 0 Å². The molecule has 7 heteroatoms. The van der Waals surface area contributed by atoms with E-state index in [4.69, 9.17) is 0 Å². The molecule has 0 radical (unpaired) electrons. The number of amides is 1. The molecule has 2 aromatic heterocycles. The van der Waals surface area contributed by atoms with Crippen LogP contribution in [0.4, 0.5) is 5.69 Å². The van der Waals surface area contributed by atoms with Gasteiger partial charge in [-0.2, -0.15) is 14.6 Å². The van der Waals surface area contributed by atoms with Gasteiger partial charge in [-0.1, -0.05) is 25.6 Å². The van der Waals surface area contributed by atoms with E-state index in [1.165, 1.54) is 6.33 Å². The molecule has 1 N–H and O–H groups in total. The monoisotopic (exact) mass is 341 g/mol. The highest BCUT2D eigenvalue weighted by Gasteiger charge is 2.08. The second kappa shape index (κ2) is 7.00. The normalized spacial score (nSPS) is 11.2. The molecule has 2 heterocycles. The summed E-state index contributed by atoms with van der Waals surface area (Å²) in [7, 11) is 0. The Morgan fingerprint density at radius 3 is 2.75 bits per heavy atom. The molecule has 124 valence electrons. The van der Waals surface area contributed by atoms with Crippen molar-refractivity contribution < 1.29 is 4.79 Å². The van der Waals surface area contributed by atoms with Gasteiger partial charge in [0.05, 0.1) is 0 Å². The van der Waals surface area contributed by atoms with Crippen molar-refractivity contribution in [1.82, 2.24) is 19.6 Å². The van der Waals surface area contributed by atoms with E-state index in [-0.39, 0.29) is 5.91 Å². The molecule has 3 rings (SSSR count). The number of fused-ring (bicyclic) bond motifs is 1. The zero-order chi connectivity index (χ0) is 17.1. The SMILES string of the molecule is Cc1cc(Sc2ccc(NC(=O)CC(C)C)cc2)n2ncnc2n1. The quantitative estimate of drug-likeness (QED) is 0.718. The van der Waals surface area contributed by atoms with Crippen molar-refractivity contribution in [2.24, 2.45) is 5.92 Å². The molecule has 6 nitrogen and oxygen atoms in total. The molecule has 0 fully saturated rings. The number of benzene rings is 1. The smallest absolute Gasteiger partial charge is 0.253 e. The number of nitrogens with zero attached hydrogens (tertiary/aromatic N) is 4. The first-order valence-electron chi connectivity index (χ1n) is 7.76. The summed E-state index contributed by atoms with van der Waals surface area (Å²) in [6.07, 6.45) is 2.02. The molecule has 0 aliphatic heterocycles. The van der Waals surface area contributed by atoms with Crippen molar-refractivity contribution in [2.75, 3.05) is 5.32 Å². The topological polar surface area (TPSA) is 72.2 Å². The maximum atomic E-state index is 11.8. The molecule has 0 atom stereocenters. The van der Waals surface area contributed by atoms with Crippen LogP contribution in [0.15, 0.2) is 46.6 Å².